The Morgan fingerprint density at radius 2 is 2.22 bits per heavy atom. The number of nitrogens with zero attached hydrogens (tertiary/aromatic N) is 3. The van der Waals surface area contributed by atoms with Gasteiger partial charge in [-0.1, -0.05) is 24.2 Å². The molecular weight excluding hydrogens is 400 g/mol. The first kappa shape index (κ1) is 18.2. The number of nitriles is 1. The molecule has 3 aromatic heterocycles. The molecule has 0 saturated heterocycles. The Morgan fingerprint density at radius 1 is 1.33 bits per heavy atom. The summed E-state index contributed by atoms with van der Waals surface area (Å²) in [5.74, 6) is 0.435. The topological polar surface area (TPSA) is 91.8 Å². The van der Waals surface area contributed by atoms with Gasteiger partial charge >= 0.3 is 0 Å². The van der Waals surface area contributed by atoms with Gasteiger partial charge in [0.15, 0.2) is 0 Å². The Bertz CT molecular complexity index is 985. The minimum absolute atomic E-state index is 0.152. The predicted molar refractivity (Wildman–Crippen MR) is 107 cm³/mol. The molecule has 27 heavy (non-hydrogen) atoms. The Labute approximate surface area is 168 Å². The standard InChI is InChI=1S/C18H16N4O2S3/c19-9-12-11-5-2-1-3-6-13(11)27-17(12)20-15(23)10-26-18-22-21-16(24-18)14-7-4-8-25-14/h4,7-8H,1-3,5-6,10H2,(H,20,23). The Kier molecular flexibility index (Phi) is 5.57. The van der Waals surface area contributed by atoms with E-state index in [2.05, 4.69) is 21.6 Å². The van der Waals surface area contributed by atoms with Gasteiger partial charge < -0.3 is 9.73 Å². The molecule has 0 fully saturated rings. The van der Waals surface area contributed by atoms with Crippen LogP contribution in [0.1, 0.15) is 35.3 Å². The minimum atomic E-state index is -0.177. The molecule has 3 heterocycles. The van der Waals surface area contributed by atoms with Crippen LogP contribution in [0.5, 0.6) is 0 Å². The number of thioether (sulfide) groups is 1. The van der Waals surface area contributed by atoms with Crippen LogP contribution in [-0.2, 0) is 17.6 Å². The summed E-state index contributed by atoms with van der Waals surface area (Å²) < 4.78 is 5.58. The van der Waals surface area contributed by atoms with Gasteiger partial charge in [0.1, 0.15) is 11.1 Å². The maximum absolute atomic E-state index is 12.3. The largest absolute Gasteiger partial charge is 0.410 e. The van der Waals surface area contributed by atoms with E-state index in [0.29, 0.717) is 21.7 Å². The molecule has 6 nitrogen and oxygen atoms in total. The Morgan fingerprint density at radius 3 is 3.04 bits per heavy atom. The molecule has 0 spiro atoms. The summed E-state index contributed by atoms with van der Waals surface area (Å²) in [7, 11) is 0. The molecule has 4 rings (SSSR count). The maximum Gasteiger partial charge on any atom is 0.277 e. The van der Waals surface area contributed by atoms with E-state index in [1.54, 1.807) is 0 Å². The maximum atomic E-state index is 12.3. The number of hydrogen-bond donors (Lipinski definition) is 1. The molecular formula is C18H16N4O2S3. The molecule has 1 aliphatic rings. The number of carbonyl (C=O) groups is 1. The molecule has 0 radical (unpaired) electrons. The van der Waals surface area contributed by atoms with Gasteiger partial charge in [-0.2, -0.15) is 5.26 Å². The van der Waals surface area contributed by atoms with Crippen LogP contribution in [-0.4, -0.2) is 21.9 Å². The van der Waals surface area contributed by atoms with Gasteiger partial charge in [0.25, 0.3) is 11.1 Å². The van der Waals surface area contributed by atoms with E-state index in [0.717, 1.165) is 36.1 Å². The average Bonchev–Trinajstić information content (AvgIpc) is 3.38. The van der Waals surface area contributed by atoms with Crippen LogP contribution in [0, 0.1) is 11.3 Å². The Hall–Kier alpha value is -2.15. The smallest absolute Gasteiger partial charge is 0.277 e. The van der Waals surface area contributed by atoms with Gasteiger partial charge in [0.2, 0.25) is 5.91 Å². The van der Waals surface area contributed by atoms with Crippen molar-refractivity contribution in [3.8, 4) is 16.8 Å². The van der Waals surface area contributed by atoms with Crippen molar-refractivity contribution in [2.75, 3.05) is 11.1 Å². The number of fused-ring (bicyclic) bond motifs is 1. The van der Waals surface area contributed by atoms with Gasteiger partial charge in [-0.05, 0) is 42.7 Å². The first-order valence-electron chi connectivity index (χ1n) is 8.59. The van der Waals surface area contributed by atoms with Gasteiger partial charge in [-0.3, -0.25) is 4.79 Å². The molecule has 0 saturated carbocycles. The van der Waals surface area contributed by atoms with E-state index < -0.39 is 0 Å². The van der Waals surface area contributed by atoms with E-state index in [4.69, 9.17) is 4.42 Å². The second-order valence-electron chi connectivity index (χ2n) is 6.07. The monoisotopic (exact) mass is 416 g/mol. The SMILES string of the molecule is N#Cc1c(NC(=O)CSc2nnc(-c3cccs3)o2)sc2c1CCCCC2. The first-order chi connectivity index (χ1) is 13.2. The van der Waals surface area contributed by atoms with Crippen molar-refractivity contribution >= 4 is 45.3 Å². The number of anilines is 1. The molecule has 0 unspecified atom stereocenters. The van der Waals surface area contributed by atoms with Crippen molar-refractivity contribution in [3.05, 3.63) is 33.5 Å². The summed E-state index contributed by atoms with van der Waals surface area (Å²) in [6, 6.07) is 6.10. The van der Waals surface area contributed by atoms with Crippen molar-refractivity contribution in [2.45, 2.75) is 37.3 Å². The highest BCUT2D eigenvalue weighted by Crippen LogP contribution is 2.37. The average molecular weight is 417 g/mol. The van der Waals surface area contributed by atoms with Gasteiger partial charge in [0, 0.05) is 4.88 Å². The fourth-order valence-corrected chi connectivity index (χ4v) is 5.47. The minimum Gasteiger partial charge on any atom is -0.410 e. The van der Waals surface area contributed by atoms with Crippen molar-refractivity contribution in [1.29, 1.82) is 5.26 Å². The highest BCUT2D eigenvalue weighted by Gasteiger charge is 2.21. The lowest BCUT2D eigenvalue weighted by Crippen LogP contribution is -2.14. The van der Waals surface area contributed by atoms with Crippen molar-refractivity contribution in [1.82, 2.24) is 10.2 Å². The number of amides is 1. The number of aromatic nitrogens is 2. The van der Waals surface area contributed by atoms with Gasteiger partial charge in [0.05, 0.1) is 16.2 Å². The van der Waals surface area contributed by atoms with E-state index in [-0.39, 0.29) is 11.7 Å². The van der Waals surface area contributed by atoms with Crippen LogP contribution in [0.4, 0.5) is 5.00 Å². The van der Waals surface area contributed by atoms with Crippen molar-refractivity contribution in [3.63, 3.8) is 0 Å². The highest BCUT2D eigenvalue weighted by molar-refractivity contribution is 7.99. The molecule has 0 aliphatic heterocycles. The van der Waals surface area contributed by atoms with E-state index in [1.165, 1.54) is 45.7 Å². The van der Waals surface area contributed by atoms with E-state index in [9.17, 15) is 10.1 Å². The number of nitrogens with one attached hydrogen (secondary N) is 1. The van der Waals surface area contributed by atoms with Crippen LogP contribution < -0.4 is 5.32 Å². The number of carbonyl (C=O) groups excluding carboxylic acids is 1. The van der Waals surface area contributed by atoms with E-state index >= 15 is 0 Å². The predicted octanol–water partition coefficient (Wildman–Crippen LogP) is 4.73. The van der Waals surface area contributed by atoms with Crippen LogP contribution in [0.3, 0.4) is 0 Å². The third kappa shape index (κ3) is 4.08. The quantitative estimate of drug-likeness (QED) is 0.477. The molecule has 3 aromatic rings. The normalized spacial score (nSPS) is 13.6. The van der Waals surface area contributed by atoms with Crippen molar-refractivity contribution < 1.29 is 9.21 Å². The van der Waals surface area contributed by atoms with Gasteiger partial charge in [-0.15, -0.1) is 32.9 Å². The van der Waals surface area contributed by atoms with Crippen LogP contribution in [0.25, 0.3) is 10.8 Å². The highest BCUT2D eigenvalue weighted by atomic mass is 32.2. The third-order valence-corrected chi connectivity index (χ3v) is 7.13. The molecule has 1 amide bonds. The number of aryl methyl sites for hydroxylation is 1. The van der Waals surface area contributed by atoms with Gasteiger partial charge in [-0.25, -0.2) is 0 Å². The third-order valence-electron chi connectivity index (χ3n) is 4.25. The number of rotatable bonds is 5. The zero-order valence-electron chi connectivity index (χ0n) is 14.4. The fourth-order valence-electron chi connectivity index (χ4n) is 3.01. The van der Waals surface area contributed by atoms with Crippen LogP contribution in [0.15, 0.2) is 27.2 Å². The van der Waals surface area contributed by atoms with Crippen LogP contribution in [0.2, 0.25) is 0 Å². The lowest BCUT2D eigenvalue weighted by Gasteiger charge is -2.02. The van der Waals surface area contributed by atoms with E-state index in [1.807, 2.05) is 17.5 Å². The summed E-state index contributed by atoms with van der Waals surface area (Å²) in [4.78, 5) is 14.5. The second-order valence-corrected chi connectivity index (χ2v) is 9.05. The molecule has 1 aliphatic carbocycles. The lowest BCUT2D eigenvalue weighted by atomic mass is 10.1. The summed E-state index contributed by atoms with van der Waals surface area (Å²) in [5.41, 5.74) is 1.76. The number of thiophene rings is 2. The summed E-state index contributed by atoms with van der Waals surface area (Å²) in [6.07, 6.45) is 5.36. The molecule has 138 valence electrons. The summed E-state index contributed by atoms with van der Waals surface area (Å²) in [5, 5.41) is 23.4. The zero-order valence-corrected chi connectivity index (χ0v) is 16.8. The summed E-state index contributed by atoms with van der Waals surface area (Å²) >= 11 is 4.25. The first-order valence-corrected chi connectivity index (χ1v) is 11.3. The Balaban J connectivity index is 1.39. The summed E-state index contributed by atoms with van der Waals surface area (Å²) in [6.45, 7) is 0. The second kappa shape index (κ2) is 8.25. The number of hydrogen-bond acceptors (Lipinski definition) is 8. The molecule has 0 atom stereocenters. The van der Waals surface area contributed by atoms with Crippen molar-refractivity contribution in [2.24, 2.45) is 0 Å². The molecule has 0 bridgehead atoms. The fraction of sp³-hybridized carbons (Fsp3) is 0.333. The molecule has 1 N–H and O–H groups in total. The zero-order chi connectivity index (χ0) is 18.6. The lowest BCUT2D eigenvalue weighted by molar-refractivity contribution is -0.113. The molecule has 0 aromatic carbocycles. The molecule has 9 heteroatoms. The van der Waals surface area contributed by atoms with Crippen LogP contribution >= 0.6 is 34.4 Å².